The molecule has 4 nitrogen and oxygen atoms in total. The molecule has 5 heteroatoms. The number of hydrogen-bond acceptors (Lipinski definition) is 3. The minimum atomic E-state index is -0.100. The Morgan fingerprint density at radius 3 is 2.67 bits per heavy atom. The number of ether oxygens (including phenoxy) is 1. The lowest BCUT2D eigenvalue weighted by Crippen LogP contribution is -2.07. The summed E-state index contributed by atoms with van der Waals surface area (Å²) in [5.41, 5.74) is 2.71. The Labute approximate surface area is 132 Å². The van der Waals surface area contributed by atoms with Gasteiger partial charge in [0.15, 0.2) is 0 Å². The molecular weight excluding hydrogens is 332 g/mol. The van der Waals surface area contributed by atoms with Crippen molar-refractivity contribution in [3.05, 3.63) is 52.5 Å². The van der Waals surface area contributed by atoms with Gasteiger partial charge in [0, 0.05) is 23.6 Å². The van der Waals surface area contributed by atoms with Crippen LogP contribution in [0.1, 0.15) is 12.5 Å². The molecule has 2 rings (SSSR count). The van der Waals surface area contributed by atoms with Gasteiger partial charge in [-0.2, -0.15) is 0 Å². The smallest absolute Gasteiger partial charge is 0.221 e. The van der Waals surface area contributed by atoms with E-state index in [1.54, 1.807) is 7.11 Å². The van der Waals surface area contributed by atoms with Crippen LogP contribution in [-0.4, -0.2) is 13.0 Å². The van der Waals surface area contributed by atoms with Crippen LogP contribution in [0.4, 0.5) is 11.4 Å². The zero-order valence-corrected chi connectivity index (χ0v) is 13.5. The average molecular weight is 349 g/mol. The molecule has 0 aliphatic carbocycles. The summed E-state index contributed by atoms with van der Waals surface area (Å²) in [5, 5.41) is 6.09. The summed E-state index contributed by atoms with van der Waals surface area (Å²) in [5.74, 6) is 0.632. The monoisotopic (exact) mass is 348 g/mol. The molecule has 2 aromatic carbocycles. The van der Waals surface area contributed by atoms with Crippen molar-refractivity contribution in [2.45, 2.75) is 13.5 Å². The van der Waals surface area contributed by atoms with Crippen molar-refractivity contribution in [3.8, 4) is 5.75 Å². The van der Waals surface area contributed by atoms with E-state index in [0.29, 0.717) is 6.54 Å². The minimum absolute atomic E-state index is 0.100. The quantitative estimate of drug-likeness (QED) is 0.857. The number of amides is 1. The van der Waals surface area contributed by atoms with Gasteiger partial charge in [0.2, 0.25) is 5.91 Å². The predicted molar refractivity (Wildman–Crippen MR) is 88.8 cm³/mol. The van der Waals surface area contributed by atoms with E-state index in [1.165, 1.54) is 6.92 Å². The van der Waals surface area contributed by atoms with Crippen molar-refractivity contribution in [1.29, 1.82) is 0 Å². The Kier molecular flexibility index (Phi) is 5.22. The summed E-state index contributed by atoms with van der Waals surface area (Å²) in [6, 6.07) is 13.5. The first-order valence-corrected chi connectivity index (χ1v) is 7.32. The van der Waals surface area contributed by atoms with Crippen molar-refractivity contribution in [2.24, 2.45) is 0 Å². The van der Waals surface area contributed by atoms with Crippen molar-refractivity contribution in [3.63, 3.8) is 0 Å². The maximum absolute atomic E-state index is 11.1. The Morgan fingerprint density at radius 2 is 2.00 bits per heavy atom. The number of hydrogen-bond donors (Lipinski definition) is 2. The minimum Gasteiger partial charge on any atom is -0.495 e. The molecule has 110 valence electrons. The van der Waals surface area contributed by atoms with Crippen molar-refractivity contribution in [1.82, 2.24) is 0 Å². The number of benzene rings is 2. The Morgan fingerprint density at radius 1 is 1.24 bits per heavy atom. The number of nitrogens with one attached hydrogen (secondary N) is 2. The van der Waals surface area contributed by atoms with Gasteiger partial charge in [0.05, 0.1) is 12.8 Å². The number of carbonyl (C=O) groups is 1. The maximum atomic E-state index is 11.1. The van der Waals surface area contributed by atoms with Crippen LogP contribution >= 0.6 is 15.9 Å². The normalized spacial score (nSPS) is 10.0. The number of anilines is 2. The molecule has 1 amide bonds. The van der Waals surface area contributed by atoms with E-state index in [1.807, 2.05) is 42.5 Å². The van der Waals surface area contributed by atoms with Gasteiger partial charge in [-0.25, -0.2) is 0 Å². The van der Waals surface area contributed by atoms with Gasteiger partial charge in [-0.15, -0.1) is 0 Å². The standard InChI is InChI=1S/C16H17BrN2O2/c1-11(20)19-13-7-8-16(21-2)15(9-13)18-10-12-5-3-4-6-14(12)17/h3-9,18H,10H2,1-2H3,(H,19,20). The first kappa shape index (κ1) is 15.4. The van der Waals surface area contributed by atoms with Crippen LogP contribution in [0, 0.1) is 0 Å². The zero-order valence-electron chi connectivity index (χ0n) is 11.9. The molecule has 21 heavy (non-hydrogen) atoms. The molecule has 0 bridgehead atoms. The van der Waals surface area contributed by atoms with Crippen molar-refractivity contribution in [2.75, 3.05) is 17.7 Å². The summed E-state index contributed by atoms with van der Waals surface area (Å²) in [4.78, 5) is 11.1. The molecule has 0 radical (unpaired) electrons. The van der Waals surface area contributed by atoms with Gasteiger partial charge < -0.3 is 15.4 Å². The highest BCUT2D eigenvalue weighted by atomic mass is 79.9. The second kappa shape index (κ2) is 7.13. The highest BCUT2D eigenvalue weighted by molar-refractivity contribution is 9.10. The number of rotatable bonds is 5. The Bertz CT molecular complexity index is 644. The molecule has 0 saturated heterocycles. The maximum Gasteiger partial charge on any atom is 0.221 e. The SMILES string of the molecule is COc1ccc(NC(C)=O)cc1NCc1ccccc1Br. The third-order valence-corrected chi connectivity index (χ3v) is 3.72. The fourth-order valence-corrected chi connectivity index (χ4v) is 2.38. The number of methoxy groups -OCH3 is 1. The summed E-state index contributed by atoms with van der Waals surface area (Å²) < 4.78 is 6.39. The van der Waals surface area contributed by atoms with Crippen molar-refractivity contribution >= 4 is 33.2 Å². The summed E-state index contributed by atoms with van der Waals surface area (Å²) in [6.07, 6.45) is 0. The molecule has 0 aliphatic rings. The number of carbonyl (C=O) groups excluding carboxylic acids is 1. The van der Waals surface area contributed by atoms with E-state index in [2.05, 4.69) is 26.6 Å². The molecule has 0 unspecified atom stereocenters. The van der Waals surface area contributed by atoms with Gasteiger partial charge in [0.25, 0.3) is 0 Å². The molecule has 0 fully saturated rings. The first-order chi connectivity index (χ1) is 10.1. The van der Waals surface area contributed by atoms with Crippen LogP contribution in [0.5, 0.6) is 5.75 Å². The Balaban J connectivity index is 2.17. The first-order valence-electron chi connectivity index (χ1n) is 6.53. The van der Waals surface area contributed by atoms with E-state index in [9.17, 15) is 4.79 Å². The Hall–Kier alpha value is -2.01. The van der Waals surface area contributed by atoms with E-state index in [0.717, 1.165) is 27.2 Å². The van der Waals surface area contributed by atoms with E-state index in [-0.39, 0.29) is 5.91 Å². The molecule has 0 atom stereocenters. The lowest BCUT2D eigenvalue weighted by atomic mass is 10.2. The summed E-state index contributed by atoms with van der Waals surface area (Å²) >= 11 is 3.52. The van der Waals surface area contributed by atoms with Gasteiger partial charge in [0.1, 0.15) is 5.75 Å². The van der Waals surface area contributed by atoms with E-state index < -0.39 is 0 Å². The molecular formula is C16H17BrN2O2. The largest absolute Gasteiger partial charge is 0.495 e. The fraction of sp³-hybridized carbons (Fsp3) is 0.188. The van der Waals surface area contributed by atoms with Crippen LogP contribution in [0.25, 0.3) is 0 Å². The van der Waals surface area contributed by atoms with Crippen LogP contribution in [0.2, 0.25) is 0 Å². The number of halogens is 1. The third-order valence-electron chi connectivity index (χ3n) is 2.95. The predicted octanol–water partition coefficient (Wildman–Crippen LogP) is 4.03. The van der Waals surface area contributed by atoms with E-state index in [4.69, 9.17) is 4.74 Å². The molecule has 2 aromatic rings. The van der Waals surface area contributed by atoms with Crippen molar-refractivity contribution < 1.29 is 9.53 Å². The zero-order chi connectivity index (χ0) is 15.2. The highest BCUT2D eigenvalue weighted by Gasteiger charge is 2.06. The molecule has 0 spiro atoms. The summed E-state index contributed by atoms with van der Waals surface area (Å²) in [7, 11) is 1.62. The lowest BCUT2D eigenvalue weighted by Gasteiger charge is -2.14. The topological polar surface area (TPSA) is 50.4 Å². The second-order valence-electron chi connectivity index (χ2n) is 4.54. The van der Waals surface area contributed by atoms with Crippen LogP contribution in [0.15, 0.2) is 46.9 Å². The highest BCUT2D eigenvalue weighted by Crippen LogP contribution is 2.29. The van der Waals surface area contributed by atoms with Gasteiger partial charge in [-0.3, -0.25) is 4.79 Å². The molecule has 2 N–H and O–H groups in total. The average Bonchev–Trinajstić information content (AvgIpc) is 2.46. The van der Waals surface area contributed by atoms with Crippen LogP contribution in [-0.2, 0) is 11.3 Å². The van der Waals surface area contributed by atoms with Gasteiger partial charge in [-0.1, -0.05) is 34.1 Å². The molecule has 0 saturated carbocycles. The molecule has 0 heterocycles. The summed E-state index contributed by atoms with van der Waals surface area (Å²) in [6.45, 7) is 2.14. The third kappa shape index (κ3) is 4.23. The lowest BCUT2D eigenvalue weighted by molar-refractivity contribution is -0.114. The fourth-order valence-electron chi connectivity index (χ4n) is 1.96. The van der Waals surface area contributed by atoms with E-state index >= 15 is 0 Å². The van der Waals surface area contributed by atoms with Gasteiger partial charge in [-0.05, 0) is 29.8 Å². The second-order valence-corrected chi connectivity index (χ2v) is 5.40. The van der Waals surface area contributed by atoms with Crippen LogP contribution < -0.4 is 15.4 Å². The van der Waals surface area contributed by atoms with Gasteiger partial charge >= 0.3 is 0 Å². The molecule has 0 aliphatic heterocycles. The molecule has 0 aromatic heterocycles. The van der Waals surface area contributed by atoms with Crippen LogP contribution in [0.3, 0.4) is 0 Å².